The lowest BCUT2D eigenvalue weighted by Crippen LogP contribution is -2.39. The fraction of sp³-hybridized carbons (Fsp3) is 0.238. The maximum atomic E-state index is 13.3. The minimum absolute atomic E-state index is 0.0993. The first-order valence-electron chi connectivity index (χ1n) is 8.90. The molecule has 2 atom stereocenters. The summed E-state index contributed by atoms with van der Waals surface area (Å²) in [4.78, 5) is 39.8. The van der Waals surface area contributed by atoms with Gasteiger partial charge in [0.15, 0.2) is 5.78 Å². The molecule has 142 valence electrons. The minimum atomic E-state index is -0.935. The number of Topliss-reactive ketones (excluding diaryl/α,β-unsaturated/α-hetero) is 1. The molecule has 4 rings (SSSR count). The molecule has 2 aromatic carbocycles. The number of hydrogen-bond donors (Lipinski definition) is 0. The summed E-state index contributed by atoms with van der Waals surface area (Å²) < 4.78 is 5.32. The van der Waals surface area contributed by atoms with E-state index in [1.165, 1.54) is 19.0 Å². The molecule has 28 heavy (non-hydrogen) atoms. The summed E-state index contributed by atoms with van der Waals surface area (Å²) in [6.07, 6.45) is 0. The molecule has 0 saturated carbocycles. The molecular formula is C21H19N3O4. The number of ketones is 1. The van der Waals surface area contributed by atoms with Crippen molar-refractivity contribution in [2.24, 2.45) is 11.0 Å². The van der Waals surface area contributed by atoms with Crippen molar-refractivity contribution in [3.63, 3.8) is 0 Å². The van der Waals surface area contributed by atoms with Gasteiger partial charge in [-0.2, -0.15) is 5.10 Å². The molecular weight excluding hydrogens is 358 g/mol. The van der Waals surface area contributed by atoms with Crippen molar-refractivity contribution in [2.45, 2.75) is 19.9 Å². The number of methoxy groups -OCH3 is 1. The Morgan fingerprint density at radius 3 is 2.50 bits per heavy atom. The number of hydrazone groups is 1. The van der Waals surface area contributed by atoms with Crippen molar-refractivity contribution in [3.8, 4) is 5.75 Å². The Bertz CT molecular complexity index is 1030. The van der Waals surface area contributed by atoms with Gasteiger partial charge in [0, 0.05) is 6.92 Å². The van der Waals surface area contributed by atoms with Crippen LogP contribution in [0.3, 0.4) is 0 Å². The molecule has 2 aliphatic heterocycles. The maximum Gasteiger partial charge on any atom is 0.260 e. The van der Waals surface area contributed by atoms with Gasteiger partial charge in [-0.3, -0.25) is 19.4 Å². The van der Waals surface area contributed by atoms with Gasteiger partial charge in [-0.05, 0) is 36.8 Å². The van der Waals surface area contributed by atoms with Crippen LogP contribution in [0, 0.1) is 12.8 Å². The highest BCUT2D eigenvalue weighted by Crippen LogP contribution is 2.40. The van der Waals surface area contributed by atoms with E-state index in [9.17, 15) is 14.4 Å². The fourth-order valence-electron chi connectivity index (χ4n) is 3.74. The van der Waals surface area contributed by atoms with E-state index in [-0.39, 0.29) is 11.5 Å². The number of carbonyl (C=O) groups excluding carboxylic acids is 3. The number of amides is 2. The van der Waals surface area contributed by atoms with E-state index >= 15 is 0 Å². The number of benzene rings is 2. The summed E-state index contributed by atoms with van der Waals surface area (Å²) in [5.74, 6) is -1.75. The molecule has 7 heteroatoms. The van der Waals surface area contributed by atoms with Gasteiger partial charge in [0.05, 0.1) is 18.5 Å². The molecule has 0 spiro atoms. The number of para-hydroxylation sites is 2. The van der Waals surface area contributed by atoms with Gasteiger partial charge < -0.3 is 4.74 Å². The first kappa shape index (κ1) is 17.9. The molecule has 0 unspecified atom stereocenters. The van der Waals surface area contributed by atoms with E-state index in [0.29, 0.717) is 17.1 Å². The van der Waals surface area contributed by atoms with Crippen LogP contribution in [0.15, 0.2) is 53.6 Å². The minimum Gasteiger partial charge on any atom is -0.495 e. The normalized spacial score (nSPS) is 21.0. The van der Waals surface area contributed by atoms with Gasteiger partial charge in [0.1, 0.15) is 23.4 Å². The summed E-state index contributed by atoms with van der Waals surface area (Å²) in [5, 5.41) is 5.85. The Hall–Kier alpha value is -3.48. The van der Waals surface area contributed by atoms with Crippen molar-refractivity contribution in [3.05, 3.63) is 54.1 Å². The molecule has 0 aromatic heterocycles. The molecule has 2 amide bonds. The van der Waals surface area contributed by atoms with Crippen LogP contribution in [0.25, 0.3) is 0 Å². The first-order chi connectivity index (χ1) is 13.4. The highest BCUT2D eigenvalue weighted by molar-refractivity contribution is 6.49. The van der Waals surface area contributed by atoms with Gasteiger partial charge in [0.25, 0.3) is 5.91 Å². The summed E-state index contributed by atoms with van der Waals surface area (Å²) in [6, 6.07) is 13.4. The topological polar surface area (TPSA) is 79.3 Å². The lowest BCUT2D eigenvalue weighted by atomic mass is 9.95. The SMILES string of the molecule is COc1ccccc1N1C(=O)[C@@H]2C(C(C)=O)=NN(c3cccc(C)c3)[C@@H]2C1=O. The van der Waals surface area contributed by atoms with E-state index < -0.39 is 23.8 Å². The second kappa shape index (κ2) is 6.60. The molecule has 2 aliphatic rings. The number of fused-ring (bicyclic) bond motifs is 1. The Labute approximate surface area is 162 Å². The molecule has 1 saturated heterocycles. The van der Waals surface area contributed by atoms with Crippen LogP contribution >= 0.6 is 0 Å². The smallest absolute Gasteiger partial charge is 0.260 e. The largest absolute Gasteiger partial charge is 0.495 e. The highest BCUT2D eigenvalue weighted by Gasteiger charge is 2.58. The van der Waals surface area contributed by atoms with Gasteiger partial charge in [-0.25, -0.2) is 4.90 Å². The number of ether oxygens (including phenoxy) is 1. The number of anilines is 2. The summed E-state index contributed by atoms with van der Waals surface area (Å²) >= 11 is 0. The van der Waals surface area contributed by atoms with Crippen molar-refractivity contribution >= 4 is 34.7 Å². The van der Waals surface area contributed by atoms with Crippen LogP contribution in [0.4, 0.5) is 11.4 Å². The average molecular weight is 377 g/mol. The third kappa shape index (κ3) is 2.58. The Morgan fingerprint density at radius 1 is 1.07 bits per heavy atom. The third-order valence-corrected chi connectivity index (χ3v) is 5.00. The van der Waals surface area contributed by atoms with E-state index in [1.54, 1.807) is 30.3 Å². The lowest BCUT2D eigenvalue weighted by molar-refractivity contribution is -0.122. The van der Waals surface area contributed by atoms with E-state index in [4.69, 9.17) is 4.74 Å². The molecule has 0 aliphatic carbocycles. The third-order valence-electron chi connectivity index (χ3n) is 5.00. The van der Waals surface area contributed by atoms with Crippen LogP contribution in [-0.2, 0) is 14.4 Å². The van der Waals surface area contributed by atoms with Crippen molar-refractivity contribution in [1.82, 2.24) is 0 Å². The van der Waals surface area contributed by atoms with Crippen LogP contribution in [-0.4, -0.2) is 36.5 Å². The number of nitrogens with zero attached hydrogens (tertiary/aromatic N) is 3. The summed E-state index contributed by atoms with van der Waals surface area (Å²) in [5.41, 5.74) is 2.11. The molecule has 0 radical (unpaired) electrons. The molecule has 2 heterocycles. The standard InChI is InChI=1S/C21H19N3O4/c1-12-7-6-8-14(11-12)24-19-17(18(22-24)13(2)25)20(26)23(21(19)27)15-9-4-5-10-16(15)28-3/h4-11,17,19H,1-3H3/t17-,19+/m1/s1. The van der Waals surface area contributed by atoms with Crippen molar-refractivity contribution in [1.29, 1.82) is 0 Å². The number of carbonyl (C=O) groups is 3. The number of hydrogen-bond acceptors (Lipinski definition) is 6. The Morgan fingerprint density at radius 2 is 1.82 bits per heavy atom. The monoisotopic (exact) mass is 377 g/mol. The fourth-order valence-corrected chi connectivity index (χ4v) is 3.74. The Kier molecular flexibility index (Phi) is 4.22. The second-order valence-corrected chi connectivity index (χ2v) is 6.83. The summed E-state index contributed by atoms with van der Waals surface area (Å²) in [6.45, 7) is 3.29. The quantitative estimate of drug-likeness (QED) is 0.764. The number of imide groups is 1. The number of rotatable bonds is 4. The highest BCUT2D eigenvalue weighted by atomic mass is 16.5. The zero-order valence-electron chi connectivity index (χ0n) is 15.7. The van der Waals surface area contributed by atoms with Crippen LogP contribution < -0.4 is 14.6 Å². The second-order valence-electron chi connectivity index (χ2n) is 6.83. The van der Waals surface area contributed by atoms with E-state index in [2.05, 4.69) is 5.10 Å². The number of aryl methyl sites for hydroxylation is 1. The molecule has 0 bridgehead atoms. The molecule has 2 aromatic rings. The molecule has 7 nitrogen and oxygen atoms in total. The van der Waals surface area contributed by atoms with Gasteiger partial charge in [-0.15, -0.1) is 0 Å². The molecule has 0 N–H and O–H groups in total. The van der Waals surface area contributed by atoms with E-state index in [1.807, 2.05) is 25.1 Å². The zero-order chi connectivity index (χ0) is 20.0. The average Bonchev–Trinajstić information content (AvgIpc) is 3.19. The predicted octanol–water partition coefficient (Wildman–Crippen LogP) is 2.33. The van der Waals surface area contributed by atoms with Crippen LogP contribution in [0.1, 0.15) is 12.5 Å². The van der Waals surface area contributed by atoms with Crippen molar-refractivity contribution in [2.75, 3.05) is 17.0 Å². The van der Waals surface area contributed by atoms with Gasteiger partial charge in [-0.1, -0.05) is 24.3 Å². The summed E-state index contributed by atoms with van der Waals surface area (Å²) in [7, 11) is 1.48. The lowest BCUT2D eigenvalue weighted by Gasteiger charge is -2.23. The van der Waals surface area contributed by atoms with Crippen LogP contribution in [0.5, 0.6) is 5.75 Å². The predicted molar refractivity (Wildman–Crippen MR) is 105 cm³/mol. The van der Waals surface area contributed by atoms with E-state index in [0.717, 1.165) is 10.5 Å². The first-order valence-corrected chi connectivity index (χ1v) is 8.90. The molecule has 1 fully saturated rings. The maximum absolute atomic E-state index is 13.3. The van der Waals surface area contributed by atoms with Crippen LogP contribution in [0.2, 0.25) is 0 Å². The van der Waals surface area contributed by atoms with Gasteiger partial charge in [0.2, 0.25) is 5.91 Å². The Balaban J connectivity index is 1.83. The van der Waals surface area contributed by atoms with Crippen molar-refractivity contribution < 1.29 is 19.1 Å². The zero-order valence-corrected chi connectivity index (χ0v) is 15.7. The van der Waals surface area contributed by atoms with Gasteiger partial charge >= 0.3 is 0 Å².